The summed E-state index contributed by atoms with van der Waals surface area (Å²) in [5.41, 5.74) is 0.954. The molecule has 2 atom stereocenters. The van der Waals surface area contributed by atoms with E-state index in [0.29, 0.717) is 31.6 Å². The van der Waals surface area contributed by atoms with Gasteiger partial charge in [-0.05, 0) is 36.0 Å². The van der Waals surface area contributed by atoms with Crippen LogP contribution in [0.15, 0.2) is 18.2 Å². The van der Waals surface area contributed by atoms with Gasteiger partial charge < -0.3 is 19.7 Å². The van der Waals surface area contributed by atoms with Crippen molar-refractivity contribution in [2.75, 3.05) is 32.8 Å². The Kier molecular flexibility index (Phi) is 5.11. The van der Waals surface area contributed by atoms with Gasteiger partial charge >= 0.3 is 6.03 Å². The number of benzene rings is 1. The first-order chi connectivity index (χ1) is 11.8. The summed E-state index contributed by atoms with van der Waals surface area (Å²) in [5.74, 6) is 2.73. The normalized spacial score (nSPS) is 23.3. The largest absolute Gasteiger partial charge is 0.486 e. The van der Waals surface area contributed by atoms with Crippen LogP contribution in [0.4, 0.5) is 4.79 Å². The summed E-state index contributed by atoms with van der Waals surface area (Å²) in [6.45, 7) is 12.2. The van der Waals surface area contributed by atoms with Crippen molar-refractivity contribution in [3.63, 3.8) is 0 Å². The van der Waals surface area contributed by atoms with Crippen LogP contribution in [0.25, 0.3) is 0 Å². The Hall–Kier alpha value is -1.91. The van der Waals surface area contributed by atoms with Crippen molar-refractivity contribution in [2.45, 2.75) is 39.5 Å². The van der Waals surface area contributed by atoms with Gasteiger partial charge in [-0.2, -0.15) is 0 Å². The van der Waals surface area contributed by atoms with Crippen LogP contribution >= 0.6 is 0 Å². The van der Waals surface area contributed by atoms with E-state index in [1.165, 1.54) is 6.42 Å². The van der Waals surface area contributed by atoms with Gasteiger partial charge in [0.05, 0.1) is 0 Å². The zero-order valence-electron chi connectivity index (χ0n) is 15.8. The van der Waals surface area contributed by atoms with Crippen molar-refractivity contribution < 1.29 is 14.3 Å². The smallest absolute Gasteiger partial charge is 0.317 e. The number of amides is 2. The molecule has 2 amide bonds. The van der Waals surface area contributed by atoms with Crippen LogP contribution in [0, 0.1) is 11.8 Å². The minimum Gasteiger partial charge on any atom is -0.486 e. The molecule has 0 aliphatic carbocycles. The van der Waals surface area contributed by atoms with Gasteiger partial charge in [0.15, 0.2) is 11.5 Å². The second kappa shape index (κ2) is 7.14. The first kappa shape index (κ1) is 17.9. The minimum absolute atomic E-state index is 0.0454. The summed E-state index contributed by atoms with van der Waals surface area (Å²) < 4.78 is 11.3. The third-order valence-corrected chi connectivity index (χ3v) is 5.16. The molecule has 1 N–H and O–H groups in total. The summed E-state index contributed by atoms with van der Waals surface area (Å²) in [6.07, 6.45) is 1.20. The molecule has 2 aliphatic rings. The summed E-state index contributed by atoms with van der Waals surface area (Å²) >= 11 is 0. The lowest BCUT2D eigenvalue weighted by Crippen LogP contribution is -2.49. The van der Waals surface area contributed by atoms with Crippen LogP contribution < -0.4 is 14.8 Å². The van der Waals surface area contributed by atoms with Crippen LogP contribution in [0.2, 0.25) is 0 Å². The van der Waals surface area contributed by atoms with Gasteiger partial charge in [0.25, 0.3) is 0 Å². The maximum atomic E-state index is 12.6. The molecule has 1 aromatic carbocycles. The van der Waals surface area contributed by atoms with Crippen molar-refractivity contribution in [3.8, 4) is 11.5 Å². The molecule has 2 heterocycles. The Morgan fingerprint density at radius 1 is 1.16 bits per heavy atom. The molecule has 0 aromatic heterocycles. The number of hydrogen-bond donors (Lipinski definition) is 1. The molecule has 0 radical (unpaired) electrons. The lowest BCUT2D eigenvalue weighted by molar-refractivity contribution is 0.145. The molecule has 25 heavy (non-hydrogen) atoms. The topological polar surface area (TPSA) is 50.8 Å². The summed E-state index contributed by atoms with van der Waals surface area (Å²) in [4.78, 5) is 14.5. The molecular weight excluding hydrogens is 316 g/mol. The van der Waals surface area contributed by atoms with Gasteiger partial charge in [-0.1, -0.05) is 33.8 Å². The molecule has 1 fully saturated rings. The standard InChI is InChI=1S/C20H30N2O3/c1-14-9-15(2)12-22(11-14)19(23)21-13-20(3,4)16-5-6-17-18(10-16)25-8-7-24-17/h5-6,10,14-15H,7-9,11-13H2,1-4H3,(H,21,23). The molecule has 0 spiro atoms. The predicted octanol–water partition coefficient (Wildman–Crippen LogP) is 3.42. The number of ether oxygens (including phenoxy) is 2. The highest BCUT2D eigenvalue weighted by molar-refractivity contribution is 5.74. The molecular formula is C20H30N2O3. The highest BCUT2D eigenvalue weighted by Gasteiger charge is 2.28. The minimum atomic E-state index is -0.182. The fourth-order valence-corrected chi connectivity index (χ4v) is 3.80. The number of carbonyl (C=O) groups excluding carboxylic acids is 1. The van der Waals surface area contributed by atoms with Crippen LogP contribution in [0.3, 0.4) is 0 Å². The Bertz CT molecular complexity index is 619. The van der Waals surface area contributed by atoms with Gasteiger partial charge in [0.2, 0.25) is 0 Å². The van der Waals surface area contributed by atoms with Gasteiger partial charge in [-0.3, -0.25) is 0 Å². The molecule has 0 saturated carbocycles. The SMILES string of the molecule is CC1CC(C)CN(C(=O)NCC(C)(C)c2ccc3c(c2)OCCO3)C1. The number of nitrogens with one attached hydrogen (secondary N) is 1. The first-order valence-electron chi connectivity index (χ1n) is 9.28. The predicted molar refractivity (Wildman–Crippen MR) is 98.4 cm³/mol. The van der Waals surface area contributed by atoms with Crippen LogP contribution in [-0.2, 0) is 5.41 Å². The monoisotopic (exact) mass is 346 g/mol. The first-order valence-corrected chi connectivity index (χ1v) is 9.28. The van der Waals surface area contributed by atoms with Crippen LogP contribution in [0.1, 0.15) is 39.7 Å². The van der Waals surface area contributed by atoms with Crippen molar-refractivity contribution in [2.24, 2.45) is 11.8 Å². The summed E-state index contributed by atoms with van der Waals surface area (Å²) in [7, 11) is 0. The maximum absolute atomic E-state index is 12.6. The zero-order chi connectivity index (χ0) is 18.0. The molecule has 2 aliphatic heterocycles. The highest BCUT2D eigenvalue weighted by Crippen LogP contribution is 2.35. The van der Waals surface area contributed by atoms with E-state index in [2.05, 4.69) is 39.1 Å². The van der Waals surface area contributed by atoms with Gasteiger partial charge in [-0.25, -0.2) is 4.79 Å². The van der Waals surface area contributed by atoms with Crippen molar-refractivity contribution in [1.82, 2.24) is 10.2 Å². The summed E-state index contributed by atoms with van der Waals surface area (Å²) in [6, 6.07) is 6.10. The van der Waals surface area contributed by atoms with E-state index in [9.17, 15) is 4.79 Å². The molecule has 3 rings (SSSR count). The number of carbonyl (C=O) groups is 1. The van der Waals surface area contributed by atoms with E-state index in [1.807, 2.05) is 17.0 Å². The highest BCUT2D eigenvalue weighted by atomic mass is 16.6. The van der Waals surface area contributed by atoms with E-state index in [1.54, 1.807) is 0 Å². The number of piperidine rings is 1. The number of fused-ring (bicyclic) bond motifs is 1. The van der Waals surface area contributed by atoms with Crippen molar-refractivity contribution in [1.29, 1.82) is 0 Å². The van der Waals surface area contributed by atoms with E-state index in [0.717, 1.165) is 30.2 Å². The quantitative estimate of drug-likeness (QED) is 0.912. The molecule has 1 aromatic rings. The number of urea groups is 1. The summed E-state index contributed by atoms with van der Waals surface area (Å²) in [5, 5.41) is 3.13. The maximum Gasteiger partial charge on any atom is 0.317 e. The number of likely N-dealkylation sites (tertiary alicyclic amines) is 1. The van der Waals surface area contributed by atoms with Crippen molar-refractivity contribution in [3.05, 3.63) is 23.8 Å². The van der Waals surface area contributed by atoms with E-state index in [-0.39, 0.29) is 11.4 Å². The number of nitrogens with zero attached hydrogens (tertiary/aromatic N) is 1. The molecule has 138 valence electrons. The average molecular weight is 346 g/mol. The average Bonchev–Trinajstić information content (AvgIpc) is 2.58. The van der Waals surface area contributed by atoms with Crippen LogP contribution in [-0.4, -0.2) is 43.8 Å². The van der Waals surface area contributed by atoms with Gasteiger partial charge in [0, 0.05) is 25.0 Å². The third-order valence-electron chi connectivity index (χ3n) is 5.16. The van der Waals surface area contributed by atoms with Crippen LogP contribution in [0.5, 0.6) is 11.5 Å². The Morgan fingerprint density at radius 2 is 1.80 bits per heavy atom. The molecule has 0 bridgehead atoms. The van der Waals surface area contributed by atoms with E-state index < -0.39 is 0 Å². The second-order valence-corrected chi connectivity index (χ2v) is 8.25. The third kappa shape index (κ3) is 4.20. The fraction of sp³-hybridized carbons (Fsp3) is 0.650. The van der Waals surface area contributed by atoms with Gasteiger partial charge in [-0.15, -0.1) is 0 Å². The Morgan fingerprint density at radius 3 is 2.48 bits per heavy atom. The van der Waals surface area contributed by atoms with E-state index >= 15 is 0 Å². The fourth-order valence-electron chi connectivity index (χ4n) is 3.80. The molecule has 5 heteroatoms. The molecule has 2 unspecified atom stereocenters. The number of rotatable bonds is 3. The van der Waals surface area contributed by atoms with E-state index in [4.69, 9.17) is 9.47 Å². The van der Waals surface area contributed by atoms with Gasteiger partial charge in [0.1, 0.15) is 13.2 Å². The number of hydrogen-bond acceptors (Lipinski definition) is 3. The molecule has 1 saturated heterocycles. The Labute approximate surface area is 150 Å². The molecule has 5 nitrogen and oxygen atoms in total. The lowest BCUT2D eigenvalue weighted by Gasteiger charge is -2.36. The lowest BCUT2D eigenvalue weighted by atomic mass is 9.84. The Balaban J connectivity index is 1.62. The zero-order valence-corrected chi connectivity index (χ0v) is 15.8. The van der Waals surface area contributed by atoms with Crippen molar-refractivity contribution >= 4 is 6.03 Å². The second-order valence-electron chi connectivity index (χ2n) is 8.25.